The number of benzene rings is 2. The van der Waals surface area contributed by atoms with Crippen molar-refractivity contribution in [1.82, 2.24) is 15.2 Å². The number of halogens is 1. The predicted molar refractivity (Wildman–Crippen MR) is 143 cm³/mol. The Balaban J connectivity index is 1.36. The summed E-state index contributed by atoms with van der Waals surface area (Å²) >= 11 is 7.50. The van der Waals surface area contributed by atoms with Crippen LogP contribution in [0.1, 0.15) is 55.7 Å². The summed E-state index contributed by atoms with van der Waals surface area (Å²) in [4.78, 5) is 32.4. The zero-order chi connectivity index (χ0) is 26.5. The lowest BCUT2D eigenvalue weighted by Crippen LogP contribution is -2.38. The van der Waals surface area contributed by atoms with Gasteiger partial charge in [-0.2, -0.15) is 0 Å². The van der Waals surface area contributed by atoms with E-state index in [0.29, 0.717) is 53.2 Å². The molecule has 2 aromatic carbocycles. The highest BCUT2D eigenvalue weighted by molar-refractivity contribution is 7.09. The average molecular weight is 544 g/mol. The monoisotopic (exact) mass is 543 g/mol. The van der Waals surface area contributed by atoms with Crippen LogP contribution in [0.25, 0.3) is 0 Å². The van der Waals surface area contributed by atoms with E-state index in [0.717, 1.165) is 29.0 Å². The van der Waals surface area contributed by atoms with Gasteiger partial charge in [-0.15, -0.1) is 11.3 Å². The number of ether oxygens (including phenoxy) is 3. The molecule has 1 aromatic heterocycles. The summed E-state index contributed by atoms with van der Waals surface area (Å²) < 4.78 is 16.2. The van der Waals surface area contributed by atoms with Crippen LogP contribution in [0.3, 0.4) is 0 Å². The lowest BCUT2D eigenvalue weighted by Gasteiger charge is -2.31. The van der Waals surface area contributed by atoms with E-state index in [9.17, 15) is 9.59 Å². The second-order valence-electron chi connectivity index (χ2n) is 8.77. The number of nitrogens with zero attached hydrogens (tertiary/aromatic N) is 2. The molecule has 4 rings (SSSR count). The molecule has 37 heavy (non-hydrogen) atoms. The Bertz CT molecular complexity index is 1290. The van der Waals surface area contributed by atoms with Gasteiger partial charge in [-0.05, 0) is 55.2 Å². The standard InChI is InChI=1S/C27H30ClN3O5S/c1-16-13-19(28)6-5-18(16)14-29-25(32)21-15-37-26(30-21)17-9-11-31(12-10-17)27(33)20-7-8-22(34-2)24(36-4)23(20)35-3/h5-8,13,15,17H,9-12,14H2,1-4H3,(H,29,32). The summed E-state index contributed by atoms with van der Waals surface area (Å²) in [5, 5.41) is 6.33. The maximum atomic E-state index is 13.3. The summed E-state index contributed by atoms with van der Waals surface area (Å²) in [6.45, 7) is 3.54. The Morgan fingerprint density at radius 3 is 2.46 bits per heavy atom. The van der Waals surface area contributed by atoms with Gasteiger partial charge in [-0.3, -0.25) is 9.59 Å². The molecule has 0 bridgehead atoms. The van der Waals surface area contributed by atoms with Gasteiger partial charge in [0.05, 0.1) is 31.9 Å². The second-order valence-corrected chi connectivity index (χ2v) is 10.1. The third-order valence-electron chi connectivity index (χ3n) is 6.56. The number of amides is 2. The van der Waals surface area contributed by atoms with Crippen LogP contribution in [0, 0.1) is 6.92 Å². The molecule has 196 valence electrons. The first-order valence-corrected chi connectivity index (χ1v) is 13.2. The number of hydrogen-bond donors (Lipinski definition) is 1. The number of aryl methyl sites for hydroxylation is 1. The molecule has 1 aliphatic heterocycles. The Labute approximate surface area is 225 Å². The fourth-order valence-corrected chi connectivity index (χ4v) is 5.67. The van der Waals surface area contributed by atoms with Gasteiger partial charge in [0.15, 0.2) is 11.5 Å². The number of nitrogens with one attached hydrogen (secondary N) is 1. The van der Waals surface area contributed by atoms with E-state index in [2.05, 4.69) is 10.3 Å². The molecule has 1 fully saturated rings. The first-order chi connectivity index (χ1) is 17.9. The van der Waals surface area contributed by atoms with Crippen molar-refractivity contribution in [2.75, 3.05) is 34.4 Å². The molecule has 0 aliphatic carbocycles. The van der Waals surface area contributed by atoms with Crippen LogP contribution in [-0.4, -0.2) is 56.1 Å². The second kappa shape index (κ2) is 11.8. The van der Waals surface area contributed by atoms with Gasteiger partial charge in [0.1, 0.15) is 5.69 Å². The van der Waals surface area contributed by atoms with Crippen molar-refractivity contribution in [3.63, 3.8) is 0 Å². The van der Waals surface area contributed by atoms with Gasteiger partial charge < -0.3 is 24.4 Å². The molecule has 3 aromatic rings. The zero-order valence-corrected chi connectivity index (χ0v) is 22.9. The van der Waals surface area contributed by atoms with Crippen LogP contribution >= 0.6 is 22.9 Å². The van der Waals surface area contributed by atoms with Crippen molar-refractivity contribution in [2.45, 2.75) is 32.2 Å². The molecule has 0 radical (unpaired) electrons. The topological polar surface area (TPSA) is 90.0 Å². The predicted octanol–water partition coefficient (Wildman–Crippen LogP) is 5.08. The minimum Gasteiger partial charge on any atom is -0.493 e. The number of carbonyl (C=O) groups is 2. The normalized spacial score (nSPS) is 13.8. The minimum atomic E-state index is -0.204. The molecule has 0 atom stereocenters. The lowest BCUT2D eigenvalue weighted by molar-refractivity contribution is 0.0708. The van der Waals surface area contributed by atoms with Gasteiger partial charge in [-0.1, -0.05) is 17.7 Å². The Morgan fingerprint density at radius 1 is 1.08 bits per heavy atom. The number of aromatic nitrogens is 1. The van der Waals surface area contributed by atoms with Crippen LogP contribution in [0.4, 0.5) is 0 Å². The number of piperidine rings is 1. The Morgan fingerprint density at radius 2 is 1.81 bits per heavy atom. The highest BCUT2D eigenvalue weighted by Gasteiger charge is 2.30. The molecule has 0 spiro atoms. The zero-order valence-electron chi connectivity index (χ0n) is 21.3. The van der Waals surface area contributed by atoms with E-state index in [1.54, 1.807) is 17.5 Å². The Kier molecular flexibility index (Phi) is 8.56. The van der Waals surface area contributed by atoms with Crippen LogP contribution in [-0.2, 0) is 6.54 Å². The van der Waals surface area contributed by atoms with E-state index in [4.69, 9.17) is 25.8 Å². The molecule has 0 unspecified atom stereocenters. The molecule has 2 heterocycles. The van der Waals surface area contributed by atoms with Crippen molar-refractivity contribution < 1.29 is 23.8 Å². The van der Waals surface area contributed by atoms with Crippen molar-refractivity contribution in [2.24, 2.45) is 0 Å². The van der Waals surface area contributed by atoms with Crippen molar-refractivity contribution in [3.8, 4) is 17.2 Å². The fourth-order valence-electron chi connectivity index (χ4n) is 4.47. The largest absolute Gasteiger partial charge is 0.493 e. The SMILES string of the molecule is COc1ccc(C(=O)N2CCC(c3nc(C(=O)NCc4ccc(Cl)cc4C)cs3)CC2)c(OC)c1OC. The smallest absolute Gasteiger partial charge is 0.271 e. The van der Waals surface area contributed by atoms with Gasteiger partial charge in [-0.25, -0.2) is 4.98 Å². The molecule has 0 saturated carbocycles. The number of thiazole rings is 1. The van der Waals surface area contributed by atoms with Crippen molar-refractivity contribution in [3.05, 3.63) is 68.1 Å². The summed E-state index contributed by atoms with van der Waals surface area (Å²) in [7, 11) is 4.56. The van der Waals surface area contributed by atoms with E-state index in [1.807, 2.05) is 30.0 Å². The van der Waals surface area contributed by atoms with E-state index < -0.39 is 0 Å². The maximum Gasteiger partial charge on any atom is 0.271 e. The molecule has 1 N–H and O–H groups in total. The maximum absolute atomic E-state index is 13.3. The molecule has 1 saturated heterocycles. The van der Waals surface area contributed by atoms with Gasteiger partial charge in [0.25, 0.3) is 11.8 Å². The van der Waals surface area contributed by atoms with Gasteiger partial charge >= 0.3 is 0 Å². The quantitative estimate of drug-likeness (QED) is 0.426. The van der Waals surface area contributed by atoms with Crippen molar-refractivity contribution >= 4 is 34.8 Å². The fraction of sp³-hybridized carbons (Fsp3) is 0.370. The third-order valence-corrected chi connectivity index (χ3v) is 7.81. The highest BCUT2D eigenvalue weighted by atomic mass is 35.5. The molecule has 1 aliphatic rings. The number of methoxy groups -OCH3 is 3. The summed E-state index contributed by atoms with van der Waals surface area (Å²) in [5.74, 6) is 1.13. The van der Waals surface area contributed by atoms with Gasteiger partial charge in [0, 0.05) is 36.0 Å². The van der Waals surface area contributed by atoms with E-state index in [1.165, 1.54) is 32.7 Å². The van der Waals surface area contributed by atoms with Crippen LogP contribution in [0.15, 0.2) is 35.7 Å². The number of rotatable bonds is 8. The van der Waals surface area contributed by atoms with Crippen LogP contribution in [0.2, 0.25) is 5.02 Å². The molecule has 8 nitrogen and oxygen atoms in total. The molecular weight excluding hydrogens is 514 g/mol. The Hall–Kier alpha value is -3.30. The lowest BCUT2D eigenvalue weighted by atomic mass is 9.97. The summed E-state index contributed by atoms with van der Waals surface area (Å²) in [5.41, 5.74) is 2.89. The van der Waals surface area contributed by atoms with Crippen LogP contribution in [0.5, 0.6) is 17.2 Å². The molecule has 10 heteroatoms. The average Bonchev–Trinajstić information content (AvgIpc) is 3.41. The third kappa shape index (κ3) is 5.83. The highest BCUT2D eigenvalue weighted by Crippen LogP contribution is 2.41. The first kappa shape index (κ1) is 26.8. The van der Waals surface area contributed by atoms with E-state index in [-0.39, 0.29) is 17.7 Å². The first-order valence-electron chi connectivity index (χ1n) is 11.9. The summed E-state index contributed by atoms with van der Waals surface area (Å²) in [6.07, 6.45) is 1.53. The van der Waals surface area contributed by atoms with Crippen molar-refractivity contribution in [1.29, 1.82) is 0 Å². The number of likely N-dealkylation sites (tertiary alicyclic amines) is 1. The molecule has 2 amide bonds. The molecular formula is C27H30ClN3O5S. The number of hydrogen-bond acceptors (Lipinski definition) is 7. The van der Waals surface area contributed by atoms with Crippen LogP contribution < -0.4 is 19.5 Å². The van der Waals surface area contributed by atoms with Gasteiger partial charge in [0.2, 0.25) is 5.75 Å². The number of carbonyl (C=O) groups excluding carboxylic acids is 2. The van der Waals surface area contributed by atoms with E-state index >= 15 is 0 Å². The summed E-state index contributed by atoms with van der Waals surface area (Å²) in [6, 6.07) is 9.01. The minimum absolute atomic E-state index is 0.118.